The van der Waals surface area contributed by atoms with Gasteiger partial charge >= 0.3 is 0 Å². The summed E-state index contributed by atoms with van der Waals surface area (Å²) in [6, 6.07) is 20.1. The summed E-state index contributed by atoms with van der Waals surface area (Å²) in [5, 5.41) is 10.3. The summed E-state index contributed by atoms with van der Waals surface area (Å²) in [5.41, 5.74) is 2.45. The van der Waals surface area contributed by atoms with Crippen LogP contribution in [0, 0.1) is 0 Å². The van der Waals surface area contributed by atoms with Gasteiger partial charge in [-0.05, 0) is 18.2 Å². The van der Waals surface area contributed by atoms with Crippen molar-refractivity contribution in [2.24, 2.45) is 0 Å². The van der Waals surface area contributed by atoms with Crippen LogP contribution in [0.15, 0.2) is 66.7 Å². The average molecular weight is 334 g/mol. The number of para-hydroxylation sites is 3. The van der Waals surface area contributed by atoms with Crippen molar-refractivity contribution in [2.75, 3.05) is 7.11 Å². The molecule has 0 aliphatic carbocycles. The second-order valence-electron chi connectivity index (χ2n) is 5.46. The summed E-state index contributed by atoms with van der Waals surface area (Å²) in [6.07, 6.45) is 0.636. The Kier molecular flexibility index (Phi) is 5.00. The molecule has 0 radical (unpaired) electrons. The number of phenolic OH excluding ortho intramolecular Hbond substituents is 1. The molecule has 1 N–H and O–H groups in total. The molecule has 126 valence electrons. The van der Waals surface area contributed by atoms with Crippen molar-refractivity contribution in [1.29, 1.82) is 0 Å². The highest BCUT2D eigenvalue weighted by atomic mass is 16.5. The van der Waals surface area contributed by atoms with Gasteiger partial charge in [0.05, 0.1) is 12.7 Å². The number of benzene rings is 3. The lowest BCUT2D eigenvalue weighted by molar-refractivity contribution is 0.112. The van der Waals surface area contributed by atoms with Gasteiger partial charge in [-0.15, -0.1) is 0 Å². The fourth-order valence-electron chi connectivity index (χ4n) is 2.67. The van der Waals surface area contributed by atoms with E-state index in [0.29, 0.717) is 24.2 Å². The highest BCUT2D eigenvalue weighted by Gasteiger charge is 2.13. The van der Waals surface area contributed by atoms with Gasteiger partial charge in [-0.3, -0.25) is 4.79 Å². The number of rotatable bonds is 6. The lowest BCUT2D eigenvalue weighted by Crippen LogP contribution is -1.99. The number of aromatic hydroxyl groups is 1. The van der Waals surface area contributed by atoms with Crippen LogP contribution in [0.5, 0.6) is 17.2 Å². The molecular weight excluding hydrogens is 316 g/mol. The van der Waals surface area contributed by atoms with Crippen LogP contribution in [-0.2, 0) is 6.61 Å². The van der Waals surface area contributed by atoms with E-state index >= 15 is 0 Å². The van der Waals surface area contributed by atoms with Crippen LogP contribution >= 0.6 is 0 Å². The van der Waals surface area contributed by atoms with Gasteiger partial charge in [0.15, 0.2) is 6.29 Å². The van der Waals surface area contributed by atoms with Gasteiger partial charge in [-0.1, -0.05) is 48.5 Å². The van der Waals surface area contributed by atoms with E-state index < -0.39 is 0 Å². The highest BCUT2D eigenvalue weighted by molar-refractivity contribution is 5.87. The van der Waals surface area contributed by atoms with E-state index in [2.05, 4.69) is 0 Å². The molecule has 0 saturated heterocycles. The van der Waals surface area contributed by atoms with Crippen LogP contribution in [0.25, 0.3) is 11.1 Å². The van der Waals surface area contributed by atoms with E-state index in [-0.39, 0.29) is 11.3 Å². The first-order valence-electron chi connectivity index (χ1n) is 7.86. The minimum Gasteiger partial charge on any atom is -0.507 e. The molecule has 0 bridgehead atoms. The summed E-state index contributed by atoms with van der Waals surface area (Å²) in [5.74, 6) is 1.32. The maximum absolute atomic E-state index is 11.1. The van der Waals surface area contributed by atoms with Crippen LogP contribution in [0.1, 0.15) is 15.9 Å². The van der Waals surface area contributed by atoms with E-state index in [9.17, 15) is 9.90 Å². The van der Waals surface area contributed by atoms with Crippen LogP contribution in [-0.4, -0.2) is 18.5 Å². The molecule has 4 heteroatoms. The molecule has 3 aromatic rings. The van der Waals surface area contributed by atoms with Gasteiger partial charge in [0.1, 0.15) is 23.9 Å². The number of hydrogen-bond acceptors (Lipinski definition) is 4. The smallest absolute Gasteiger partial charge is 0.153 e. The normalized spacial score (nSPS) is 10.3. The zero-order valence-electron chi connectivity index (χ0n) is 13.8. The van der Waals surface area contributed by atoms with Crippen molar-refractivity contribution in [2.45, 2.75) is 6.61 Å². The molecular formula is C21H18O4. The minimum atomic E-state index is -0.0501. The van der Waals surface area contributed by atoms with Gasteiger partial charge in [-0.25, -0.2) is 0 Å². The lowest BCUT2D eigenvalue weighted by atomic mass is 10.0. The van der Waals surface area contributed by atoms with Crippen LogP contribution in [0.4, 0.5) is 0 Å². The first-order chi connectivity index (χ1) is 12.2. The number of ether oxygens (including phenoxy) is 2. The van der Waals surface area contributed by atoms with Gasteiger partial charge in [-0.2, -0.15) is 0 Å². The molecule has 3 rings (SSSR count). The highest BCUT2D eigenvalue weighted by Crippen LogP contribution is 2.37. The van der Waals surface area contributed by atoms with Gasteiger partial charge in [0.25, 0.3) is 0 Å². The molecule has 0 amide bonds. The van der Waals surface area contributed by atoms with Gasteiger partial charge in [0.2, 0.25) is 0 Å². The standard InChI is InChI=1S/C21H18O4/c1-24-19-11-4-2-7-16(19)14-25-20-12-5-3-9-17(20)18-10-6-8-15(13-22)21(18)23/h2-13,23H,14H2,1H3. The summed E-state index contributed by atoms with van der Waals surface area (Å²) in [6.45, 7) is 0.329. The van der Waals surface area contributed by atoms with Crippen LogP contribution < -0.4 is 9.47 Å². The Morgan fingerprint density at radius 2 is 1.56 bits per heavy atom. The molecule has 0 unspecified atom stereocenters. The first-order valence-corrected chi connectivity index (χ1v) is 7.86. The largest absolute Gasteiger partial charge is 0.507 e. The summed E-state index contributed by atoms with van der Waals surface area (Å²) in [4.78, 5) is 11.1. The molecule has 0 atom stereocenters. The fraction of sp³-hybridized carbons (Fsp3) is 0.0952. The Balaban J connectivity index is 1.93. The molecule has 0 fully saturated rings. The van der Waals surface area contributed by atoms with E-state index in [1.54, 1.807) is 25.3 Å². The summed E-state index contributed by atoms with van der Waals surface area (Å²) < 4.78 is 11.3. The first kappa shape index (κ1) is 16.6. The monoisotopic (exact) mass is 334 g/mol. The Labute approximate surface area is 146 Å². The van der Waals surface area contributed by atoms with Crippen molar-refractivity contribution < 1.29 is 19.4 Å². The predicted octanol–water partition coefficient (Wildman–Crippen LogP) is 4.46. The quantitative estimate of drug-likeness (QED) is 0.676. The Bertz CT molecular complexity index is 887. The predicted molar refractivity (Wildman–Crippen MR) is 96.3 cm³/mol. The number of phenols is 1. The van der Waals surface area contributed by atoms with E-state index in [1.807, 2.05) is 48.5 Å². The maximum Gasteiger partial charge on any atom is 0.153 e. The molecule has 3 aromatic carbocycles. The van der Waals surface area contributed by atoms with Crippen molar-refractivity contribution in [3.8, 4) is 28.4 Å². The molecule has 0 spiro atoms. The van der Waals surface area contributed by atoms with Gasteiger partial charge in [0, 0.05) is 16.7 Å². The Hall–Kier alpha value is -3.27. The zero-order chi connectivity index (χ0) is 17.6. The summed E-state index contributed by atoms with van der Waals surface area (Å²) >= 11 is 0. The second kappa shape index (κ2) is 7.53. The van der Waals surface area contributed by atoms with Crippen molar-refractivity contribution in [1.82, 2.24) is 0 Å². The Morgan fingerprint density at radius 1 is 0.880 bits per heavy atom. The number of carbonyl (C=O) groups is 1. The zero-order valence-corrected chi connectivity index (χ0v) is 13.8. The van der Waals surface area contributed by atoms with E-state index in [1.165, 1.54) is 0 Å². The summed E-state index contributed by atoms with van der Waals surface area (Å²) in [7, 11) is 1.62. The molecule has 0 saturated carbocycles. The van der Waals surface area contributed by atoms with E-state index in [4.69, 9.17) is 9.47 Å². The fourth-order valence-corrected chi connectivity index (χ4v) is 2.67. The van der Waals surface area contributed by atoms with Gasteiger partial charge < -0.3 is 14.6 Å². The SMILES string of the molecule is COc1ccccc1COc1ccccc1-c1cccc(C=O)c1O. The molecule has 0 aliphatic heterocycles. The number of aldehydes is 1. The molecule has 0 aliphatic rings. The van der Waals surface area contributed by atoms with Crippen LogP contribution in [0.3, 0.4) is 0 Å². The molecule has 4 nitrogen and oxygen atoms in total. The molecule has 0 aromatic heterocycles. The van der Waals surface area contributed by atoms with Crippen LogP contribution in [0.2, 0.25) is 0 Å². The third kappa shape index (κ3) is 3.48. The average Bonchev–Trinajstić information content (AvgIpc) is 2.67. The third-order valence-electron chi connectivity index (χ3n) is 3.95. The third-order valence-corrected chi connectivity index (χ3v) is 3.95. The van der Waals surface area contributed by atoms with Crippen molar-refractivity contribution in [3.05, 3.63) is 77.9 Å². The molecule has 25 heavy (non-hydrogen) atoms. The molecule has 0 heterocycles. The lowest BCUT2D eigenvalue weighted by Gasteiger charge is -2.14. The number of carbonyl (C=O) groups excluding carboxylic acids is 1. The minimum absolute atomic E-state index is 0.0501. The van der Waals surface area contributed by atoms with E-state index in [0.717, 1.165) is 16.9 Å². The Morgan fingerprint density at radius 3 is 2.32 bits per heavy atom. The van der Waals surface area contributed by atoms with Crippen molar-refractivity contribution in [3.63, 3.8) is 0 Å². The number of methoxy groups -OCH3 is 1. The number of hydrogen-bond donors (Lipinski definition) is 1. The second-order valence-corrected chi connectivity index (χ2v) is 5.46. The topological polar surface area (TPSA) is 55.8 Å². The van der Waals surface area contributed by atoms with Crippen molar-refractivity contribution >= 4 is 6.29 Å². The maximum atomic E-state index is 11.1.